The molecule has 100 valence electrons. The Kier molecular flexibility index (Phi) is 3.74. The van der Waals surface area contributed by atoms with E-state index in [9.17, 15) is 10.1 Å². The maximum Gasteiger partial charge on any atom is 0.275 e. The molecule has 0 bridgehead atoms. The molecule has 0 saturated heterocycles. The third-order valence-corrected chi connectivity index (χ3v) is 2.69. The van der Waals surface area contributed by atoms with E-state index in [0.717, 1.165) is 18.7 Å². The third-order valence-electron chi connectivity index (χ3n) is 2.69. The molecular weight excluding hydrogens is 246 g/mol. The zero-order chi connectivity index (χ0) is 13.8. The summed E-state index contributed by atoms with van der Waals surface area (Å²) >= 11 is 0. The standard InChI is InChI=1S/C12H15N5O2/c1-3-6-16-11(4-5-14-16)10-7-9(17(18)19)8-12(13-2)15-10/h4-5,7-8H,3,6H2,1-2H3,(H,13,15). The lowest BCUT2D eigenvalue weighted by molar-refractivity contribution is -0.384. The minimum absolute atomic E-state index is 0.0126. The number of rotatable bonds is 5. The van der Waals surface area contributed by atoms with Crippen molar-refractivity contribution in [2.75, 3.05) is 12.4 Å². The minimum Gasteiger partial charge on any atom is -0.373 e. The zero-order valence-electron chi connectivity index (χ0n) is 10.8. The monoisotopic (exact) mass is 261 g/mol. The molecule has 2 heterocycles. The number of nitrogens with one attached hydrogen (secondary N) is 1. The summed E-state index contributed by atoms with van der Waals surface area (Å²) in [5.74, 6) is 0.466. The summed E-state index contributed by atoms with van der Waals surface area (Å²) in [4.78, 5) is 14.8. The van der Waals surface area contributed by atoms with Gasteiger partial charge in [-0.05, 0) is 12.5 Å². The first-order valence-corrected chi connectivity index (χ1v) is 6.02. The van der Waals surface area contributed by atoms with Crippen LogP contribution in [0.1, 0.15) is 13.3 Å². The van der Waals surface area contributed by atoms with Crippen molar-refractivity contribution in [1.29, 1.82) is 0 Å². The second-order valence-electron chi connectivity index (χ2n) is 4.04. The van der Waals surface area contributed by atoms with Gasteiger partial charge in [0.25, 0.3) is 5.69 Å². The molecule has 0 saturated carbocycles. The Morgan fingerprint density at radius 1 is 1.47 bits per heavy atom. The van der Waals surface area contributed by atoms with E-state index in [1.54, 1.807) is 24.0 Å². The van der Waals surface area contributed by atoms with Crippen molar-refractivity contribution < 1.29 is 4.92 Å². The summed E-state index contributed by atoms with van der Waals surface area (Å²) in [5, 5.41) is 18.0. The highest BCUT2D eigenvalue weighted by Crippen LogP contribution is 2.25. The molecule has 0 atom stereocenters. The largest absolute Gasteiger partial charge is 0.373 e. The van der Waals surface area contributed by atoms with Crippen LogP contribution in [0.25, 0.3) is 11.4 Å². The summed E-state index contributed by atoms with van der Waals surface area (Å²) in [5.41, 5.74) is 1.34. The van der Waals surface area contributed by atoms with Gasteiger partial charge in [-0.1, -0.05) is 6.92 Å². The van der Waals surface area contributed by atoms with Crippen molar-refractivity contribution in [1.82, 2.24) is 14.8 Å². The molecule has 0 aliphatic heterocycles. The molecule has 0 radical (unpaired) electrons. The lowest BCUT2D eigenvalue weighted by Crippen LogP contribution is -2.04. The highest BCUT2D eigenvalue weighted by atomic mass is 16.6. The van der Waals surface area contributed by atoms with Gasteiger partial charge in [0.15, 0.2) is 0 Å². The van der Waals surface area contributed by atoms with Gasteiger partial charge in [0.2, 0.25) is 0 Å². The number of anilines is 1. The molecule has 0 fully saturated rings. The van der Waals surface area contributed by atoms with Crippen molar-refractivity contribution in [2.24, 2.45) is 0 Å². The number of hydrogen-bond donors (Lipinski definition) is 1. The first-order chi connectivity index (χ1) is 9.15. The van der Waals surface area contributed by atoms with Gasteiger partial charge in [-0.3, -0.25) is 14.8 Å². The smallest absolute Gasteiger partial charge is 0.275 e. The van der Waals surface area contributed by atoms with Gasteiger partial charge in [0, 0.05) is 25.9 Å². The molecule has 0 spiro atoms. The summed E-state index contributed by atoms with van der Waals surface area (Å²) < 4.78 is 1.80. The minimum atomic E-state index is -0.424. The fourth-order valence-electron chi connectivity index (χ4n) is 1.82. The molecule has 0 aromatic carbocycles. The summed E-state index contributed by atoms with van der Waals surface area (Å²) in [6, 6.07) is 4.68. The van der Waals surface area contributed by atoms with Gasteiger partial charge >= 0.3 is 0 Å². The van der Waals surface area contributed by atoms with E-state index in [4.69, 9.17) is 0 Å². The highest BCUT2D eigenvalue weighted by molar-refractivity contribution is 5.62. The van der Waals surface area contributed by atoms with Crippen LogP contribution in [0.5, 0.6) is 0 Å². The number of aryl methyl sites for hydroxylation is 1. The van der Waals surface area contributed by atoms with Crippen LogP contribution in [0.2, 0.25) is 0 Å². The average Bonchev–Trinajstić information content (AvgIpc) is 2.87. The molecule has 0 aliphatic rings. The van der Waals surface area contributed by atoms with E-state index < -0.39 is 4.92 Å². The van der Waals surface area contributed by atoms with E-state index in [2.05, 4.69) is 15.4 Å². The van der Waals surface area contributed by atoms with Crippen LogP contribution in [-0.4, -0.2) is 26.7 Å². The lowest BCUT2D eigenvalue weighted by Gasteiger charge is -2.07. The topological polar surface area (TPSA) is 85.9 Å². The van der Waals surface area contributed by atoms with Crippen LogP contribution in [0.15, 0.2) is 24.4 Å². The third kappa shape index (κ3) is 2.70. The zero-order valence-corrected chi connectivity index (χ0v) is 10.8. The summed E-state index contributed by atoms with van der Waals surface area (Å²) in [6.45, 7) is 2.80. The summed E-state index contributed by atoms with van der Waals surface area (Å²) in [7, 11) is 1.68. The van der Waals surface area contributed by atoms with Crippen LogP contribution < -0.4 is 5.32 Å². The van der Waals surface area contributed by atoms with Crippen molar-refractivity contribution >= 4 is 11.5 Å². The maximum atomic E-state index is 10.9. The fraction of sp³-hybridized carbons (Fsp3) is 0.333. The van der Waals surface area contributed by atoms with Gasteiger partial charge in [-0.2, -0.15) is 5.10 Å². The predicted molar refractivity (Wildman–Crippen MR) is 72.0 cm³/mol. The van der Waals surface area contributed by atoms with Crippen LogP contribution >= 0.6 is 0 Å². The number of nitro groups is 1. The number of nitrogens with zero attached hydrogens (tertiary/aromatic N) is 4. The van der Waals surface area contributed by atoms with E-state index in [-0.39, 0.29) is 5.69 Å². The highest BCUT2D eigenvalue weighted by Gasteiger charge is 2.14. The Morgan fingerprint density at radius 2 is 2.26 bits per heavy atom. The number of pyridine rings is 1. The molecule has 0 amide bonds. The molecule has 19 heavy (non-hydrogen) atoms. The van der Waals surface area contributed by atoms with E-state index in [0.29, 0.717) is 11.5 Å². The Bertz CT molecular complexity index is 594. The molecule has 7 nitrogen and oxygen atoms in total. The van der Waals surface area contributed by atoms with Crippen LogP contribution in [0.4, 0.5) is 11.5 Å². The van der Waals surface area contributed by atoms with Gasteiger partial charge in [-0.25, -0.2) is 4.98 Å². The van der Waals surface area contributed by atoms with Crippen molar-refractivity contribution in [3.05, 3.63) is 34.5 Å². The molecule has 2 aromatic heterocycles. The van der Waals surface area contributed by atoms with Gasteiger partial charge in [0.1, 0.15) is 5.82 Å². The van der Waals surface area contributed by atoms with Crippen LogP contribution in [-0.2, 0) is 6.54 Å². The van der Waals surface area contributed by atoms with Gasteiger partial charge < -0.3 is 5.32 Å². The average molecular weight is 261 g/mol. The molecule has 0 aliphatic carbocycles. The van der Waals surface area contributed by atoms with Crippen molar-refractivity contribution in [3.8, 4) is 11.4 Å². The van der Waals surface area contributed by atoms with Crippen LogP contribution in [0, 0.1) is 10.1 Å². The Morgan fingerprint density at radius 3 is 2.89 bits per heavy atom. The number of aromatic nitrogens is 3. The van der Waals surface area contributed by atoms with Crippen molar-refractivity contribution in [3.63, 3.8) is 0 Å². The second-order valence-corrected chi connectivity index (χ2v) is 4.04. The van der Waals surface area contributed by atoms with E-state index >= 15 is 0 Å². The Balaban J connectivity index is 2.51. The first-order valence-electron chi connectivity index (χ1n) is 6.02. The second kappa shape index (κ2) is 5.47. The molecule has 0 unspecified atom stereocenters. The molecule has 2 aromatic rings. The normalized spacial score (nSPS) is 10.4. The molecule has 2 rings (SSSR count). The lowest BCUT2D eigenvalue weighted by atomic mass is 10.2. The Labute approximate surface area is 110 Å². The van der Waals surface area contributed by atoms with Crippen molar-refractivity contribution in [2.45, 2.75) is 19.9 Å². The Hall–Kier alpha value is -2.44. The molecule has 1 N–H and O–H groups in total. The SMILES string of the molecule is CCCn1nccc1-c1cc([N+](=O)[O-])cc(NC)n1. The fourth-order valence-corrected chi connectivity index (χ4v) is 1.82. The first kappa shape index (κ1) is 13.0. The summed E-state index contributed by atoms with van der Waals surface area (Å²) in [6.07, 6.45) is 2.60. The van der Waals surface area contributed by atoms with Crippen LogP contribution in [0.3, 0.4) is 0 Å². The van der Waals surface area contributed by atoms with Gasteiger partial charge in [-0.15, -0.1) is 0 Å². The van der Waals surface area contributed by atoms with E-state index in [1.165, 1.54) is 12.1 Å². The van der Waals surface area contributed by atoms with E-state index in [1.807, 2.05) is 6.92 Å². The quantitative estimate of drug-likeness (QED) is 0.659. The maximum absolute atomic E-state index is 10.9. The molecule has 7 heteroatoms. The molecular formula is C12H15N5O2. The van der Waals surface area contributed by atoms with Gasteiger partial charge in [0.05, 0.1) is 22.4 Å². The predicted octanol–water partition coefficient (Wildman–Crippen LogP) is 2.31. The number of hydrogen-bond acceptors (Lipinski definition) is 5.